The van der Waals surface area contributed by atoms with E-state index in [9.17, 15) is 0 Å². The van der Waals surface area contributed by atoms with E-state index in [2.05, 4.69) is 6.42 Å². The van der Waals surface area contributed by atoms with Crippen LogP contribution in [0.1, 0.15) is 0 Å². The van der Waals surface area contributed by atoms with Crippen LogP contribution in [-0.2, 0) is 0 Å². The lowest BCUT2D eigenvalue weighted by Gasteiger charge is -1.36. The summed E-state index contributed by atoms with van der Waals surface area (Å²) in [5, 5.41) is 6.09. The van der Waals surface area contributed by atoms with Crippen LogP contribution in [0, 0.1) is 17.8 Å². The highest BCUT2D eigenvalue weighted by Crippen LogP contribution is 1.22. The molecule has 1 nitrogen and oxygen atoms in total. The second-order valence-electron chi connectivity index (χ2n) is 0.311. The zero-order chi connectivity index (χ0) is 3.41. The fourth-order valence-corrected chi connectivity index (χ4v) is 0. The van der Waals surface area contributed by atoms with Crippen molar-refractivity contribution in [2.45, 2.75) is 0 Å². The molecule has 0 spiro atoms. The molecule has 0 unspecified atom stereocenters. The number of terminal acetylenes is 1. The first-order valence-electron chi connectivity index (χ1n) is 0.866. The third-order valence-electron chi connectivity index (χ3n) is 0.0833. The van der Waals surface area contributed by atoms with Gasteiger partial charge in [-0.15, -0.1) is 6.42 Å². The Kier molecular flexibility index (Phi) is 1.80. The van der Waals surface area contributed by atoms with Crippen LogP contribution in [0.25, 0.3) is 0 Å². The Bertz CT molecular complexity index is 48.8. The smallest absolute Gasteiger partial charge is 0.0673 e. The summed E-state index contributed by atoms with van der Waals surface area (Å²) in [7, 11) is 0. The maximum absolute atomic E-state index is 6.09. The minimum atomic E-state index is 0.903. The first-order chi connectivity index (χ1) is 1.91. The summed E-state index contributed by atoms with van der Waals surface area (Å²) in [6, 6.07) is 0. The molecule has 0 aromatic carbocycles. The van der Waals surface area contributed by atoms with Gasteiger partial charge < -0.3 is 0 Å². The van der Waals surface area contributed by atoms with Crippen molar-refractivity contribution in [2.75, 3.05) is 0 Å². The monoisotopic (exact) mass is 53.0 g/mol. The molecule has 0 aliphatic rings. The van der Waals surface area contributed by atoms with Gasteiger partial charge in [0.1, 0.15) is 0 Å². The standard InChI is InChI=1S/C3H3N/c1-2-3-4/h1,3-4H. The lowest BCUT2D eigenvalue weighted by atomic mass is 10.8. The fourth-order valence-electron chi connectivity index (χ4n) is 0. The fraction of sp³-hybridized carbons (Fsp3) is 0. The van der Waals surface area contributed by atoms with E-state index >= 15 is 0 Å². The maximum atomic E-state index is 6.09. The van der Waals surface area contributed by atoms with Crippen molar-refractivity contribution < 1.29 is 0 Å². The summed E-state index contributed by atoms with van der Waals surface area (Å²) in [6.45, 7) is 0. The Morgan fingerprint density at radius 2 is 2.25 bits per heavy atom. The van der Waals surface area contributed by atoms with Crippen molar-refractivity contribution in [2.24, 2.45) is 0 Å². The van der Waals surface area contributed by atoms with E-state index in [1.54, 1.807) is 0 Å². The van der Waals surface area contributed by atoms with Crippen molar-refractivity contribution in [3.05, 3.63) is 0 Å². The van der Waals surface area contributed by atoms with Crippen molar-refractivity contribution in [3.63, 3.8) is 0 Å². The molecule has 0 aromatic heterocycles. The van der Waals surface area contributed by atoms with Crippen molar-refractivity contribution in [3.8, 4) is 12.3 Å². The average molecular weight is 53.1 g/mol. The van der Waals surface area contributed by atoms with Gasteiger partial charge in [-0.25, -0.2) is 0 Å². The molecule has 0 atom stereocenters. The zero-order valence-corrected chi connectivity index (χ0v) is 2.15. The molecule has 20 valence electrons. The van der Waals surface area contributed by atoms with Gasteiger partial charge in [0.2, 0.25) is 0 Å². The first-order valence-corrected chi connectivity index (χ1v) is 0.866. The van der Waals surface area contributed by atoms with Gasteiger partial charge in [0.15, 0.2) is 0 Å². The molecular weight excluding hydrogens is 50.0 g/mol. The van der Waals surface area contributed by atoms with Crippen molar-refractivity contribution in [1.29, 1.82) is 5.41 Å². The largest absolute Gasteiger partial charge is 0.300 e. The van der Waals surface area contributed by atoms with Crippen LogP contribution in [0.2, 0.25) is 0 Å². The Morgan fingerprint density at radius 1 is 2.00 bits per heavy atom. The summed E-state index contributed by atoms with van der Waals surface area (Å²) < 4.78 is 0. The van der Waals surface area contributed by atoms with Gasteiger partial charge in [0, 0.05) is 0 Å². The Balaban J connectivity index is 2.92. The van der Waals surface area contributed by atoms with Crippen LogP contribution in [-0.4, -0.2) is 6.21 Å². The minimum Gasteiger partial charge on any atom is -0.300 e. The molecule has 0 saturated heterocycles. The van der Waals surface area contributed by atoms with E-state index < -0.39 is 0 Å². The van der Waals surface area contributed by atoms with Gasteiger partial charge in [-0.05, 0) is 0 Å². The second kappa shape index (κ2) is 2.23. The van der Waals surface area contributed by atoms with E-state index in [0.29, 0.717) is 0 Å². The topological polar surface area (TPSA) is 23.9 Å². The molecule has 0 rings (SSSR count). The second-order valence-corrected chi connectivity index (χ2v) is 0.311. The Morgan fingerprint density at radius 3 is 2.25 bits per heavy atom. The lowest BCUT2D eigenvalue weighted by Crippen LogP contribution is -1.44. The molecular formula is C3H3N. The van der Waals surface area contributed by atoms with Crippen LogP contribution in [0.15, 0.2) is 0 Å². The summed E-state index contributed by atoms with van der Waals surface area (Å²) in [6.07, 6.45) is 5.44. The number of rotatable bonds is 0. The van der Waals surface area contributed by atoms with Gasteiger partial charge in [-0.3, -0.25) is 5.41 Å². The maximum Gasteiger partial charge on any atom is 0.0673 e. The Labute approximate surface area is 25.2 Å². The molecule has 0 bridgehead atoms. The van der Waals surface area contributed by atoms with Gasteiger partial charge in [0.05, 0.1) is 6.21 Å². The number of hydrogen-bond acceptors (Lipinski definition) is 1. The van der Waals surface area contributed by atoms with Crippen LogP contribution < -0.4 is 0 Å². The van der Waals surface area contributed by atoms with Gasteiger partial charge in [-0.1, -0.05) is 5.92 Å². The number of nitrogens with one attached hydrogen (secondary N) is 1. The molecule has 0 fully saturated rings. The molecule has 0 heterocycles. The van der Waals surface area contributed by atoms with Gasteiger partial charge >= 0.3 is 0 Å². The van der Waals surface area contributed by atoms with E-state index in [1.807, 2.05) is 5.92 Å². The summed E-state index contributed by atoms with van der Waals surface area (Å²) in [5.41, 5.74) is 0. The molecule has 0 radical (unpaired) electrons. The minimum absolute atomic E-state index is 0.903. The van der Waals surface area contributed by atoms with Crippen LogP contribution in [0.4, 0.5) is 0 Å². The highest BCUT2D eigenvalue weighted by molar-refractivity contribution is 5.73. The predicted molar refractivity (Wildman–Crippen MR) is 17.6 cm³/mol. The third kappa shape index (κ3) is 1.23. The van der Waals surface area contributed by atoms with Gasteiger partial charge in [0.25, 0.3) is 0 Å². The van der Waals surface area contributed by atoms with Crippen LogP contribution >= 0.6 is 0 Å². The molecule has 0 aromatic rings. The third-order valence-corrected chi connectivity index (χ3v) is 0.0833. The van der Waals surface area contributed by atoms with E-state index in [-0.39, 0.29) is 0 Å². The quantitative estimate of drug-likeness (QED) is 0.302. The molecule has 4 heavy (non-hydrogen) atoms. The molecule has 0 amide bonds. The predicted octanol–water partition coefficient (Wildman–Crippen LogP) is 0.269. The Hall–Kier alpha value is -0.770. The summed E-state index contributed by atoms with van der Waals surface area (Å²) >= 11 is 0. The van der Waals surface area contributed by atoms with E-state index in [0.717, 1.165) is 6.21 Å². The van der Waals surface area contributed by atoms with E-state index in [1.165, 1.54) is 0 Å². The summed E-state index contributed by atoms with van der Waals surface area (Å²) in [4.78, 5) is 0. The normalized spacial score (nSPS) is 3.75. The van der Waals surface area contributed by atoms with E-state index in [4.69, 9.17) is 5.41 Å². The SMILES string of the molecule is C#CC=N. The molecule has 1 heteroatoms. The van der Waals surface area contributed by atoms with Crippen LogP contribution in [0.5, 0.6) is 0 Å². The number of hydrogen-bond donors (Lipinski definition) is 1. The average Bonchev–Trinajstić information content (AvgIpc) is 1.37. The summed E-state index contributed by atoms with van der Waals surface area (Å²) in [5.74, 6) is 1.97. The zero-order valence-electron chi connectivity index (χ0n) is 2.15. The van der Waals surface area contributed by atoms with Crippen LogP contribution in [0.3, 0.4) is 0 Å². The highest BCUT2D eigenvalue weighted by atomic mass is 14.3. The first kappa shape index (κ1) is 3.23. The molecule has 1 N–H and O–H groups in total. The highest BCUT2D eigenvalue weighted by Gasteiger charge is 1.29. The molecule has 0 saturated carbocycles. The van der Waals surface area contributed by atoms with Crippen molar-refractivity contribution in [1.82, 2.24) is 0 Å². The molecule has 0 aliphatic heterocycles. The molecule has 0 aliphatic carbocycles. The lowest BCUT2D eigenvalue weighted by molar-refractivity contribution is 1.59. The van der Waals surface area contributed by atoms with Crippen molar-refractivity contribution >= 4 is 6.21 Å². The van der Waals surface area contributed by atoms with Gasteiger partial charge in [-0.2, -0.15) is 0 Å².